The lowest BCUT2D eigenvalue weighted by atomic mass is 10.1. The zero-order valence-corrected chi connectivity index (χ0v) is 10.5. The molecule has 1 saturated heterocycles. The molecular formula is C12H18N2OS. The number of nitrogens with one attached hydrogen (secondary N) is 1. The molecule has 16 heavy (non-hydrogen) atoms. The van der Waals surface area contributed by atoms with Gasteiger partial charge in [-0.3, -0.25) is 0 Å². The second kappa shape index (κ2) is 5.55. The zero-order chi connectivity index (χ0) is 11.4. The van der Waals surface area contributed by atoms with Crippen molar-refractivity contribution in [3.63, 3.8) is 0 Å². The number of aromatic amines is 1. The van der Waals surface area contributed by atoms with E-state index in [0.29, 0.717) is 10.7 Å². The highest BCUT2D eigenvalue weighted by Crippen LogP contribution is 2.15. The van der Waals surface area contributed by atoms with Gasteiger partial charge in [0, 0.05) is 18.7 Å². The van der Waals surface area contributed by atoms with Crippen LogP contribution in [0.25, 0.3) is 0 Å². The van der Waals surface area contributed by atoms with E-state index < -0.39 is 0 Å². The van der Waals surface area contributed by atoms with Crippen molar-refractivity contribution in [2.45, 2.75) is 45.1 Å². The molecular weight excluding hydrogens is 220 g/mol. The highest BCUT2D eigenvalue weighted by molar-refractivity contribution is 7.71. The van der Waals surface area contributed by atoms with Crippen LogP contribution in [0.2, 0.25) is 0 Å². The summed E-state index contributed by atoms with van der Waals surface area (Å²) in [4.78, 5) is 7.71. The fourth-order valence-electron chi connectivity index (χ4n) is 2.09. The molecule has 0 saturated carbocycles. The largest absolute Gasteiger partial charge is 0.378 e. The van der Waals surface area contributed by atoms with Crippen LogP contribution < -0.4 is 0 Å². The first-order valence-corrected chi connectivity index (χ1v) is 6.39. The third kappa shape index (κ3) is 3.12. The number of nitrogens with zero attached hydrogens (tertiary/aromatic N) is 1. The third-order valence-electron chi connectivity index (χ3n) is 2.81. The fourth-order valence-corrected chi connectivity index (χ4v) is 2.34. The van der Waals surface area contributed by atoms with E-state index in [1.807, 2.05) is 6.07 Å². The Balaban J connectivity index is 2.10. The molecule has 1 N–H and O–H groups in total. The van der Waals surface area contributed by atoms with Gasteiger partial charge in [0.1, 0.15) is 10.5 Å². The maximum atomic E-state index is 5.60. The molecule has 4 heteroatoms. The van der Waals surface area contributed by atoms with Crippen molar-refractivity contribution in [3.05, 3.63) is 22.2 Å². The van der Waals surface area contributed by atoms with E-state index in [2.05, 4.69) is 16.9 Å². The molecule has 1 fully saturated rings. The van der Waals surface area contributed by atoms with Crippen LogP contribution in [0.4, 0.5) is 0 Å². The molecule has 1 aromatic heterocycles. The van der Waals surface area contributed by atoms with Gasteiger partial charge in [-0.2, -0.15) is 0 Å². The molecule has 2 heterocycles. The van der Waals surface area contributed by atoms with E-state index >= 15 is 0 Å². The molecule has 0 radical (unpaired) electrons. The van der Waals surface area contributed by atoms with Crippen molar-refractivity contribution in [1.29, 1.82) is 0 Å². The van der Waals surface area contributed by atoms with Gasteiger partial charge < -0.3 is 9.72 Å². The van der Waals surface area contributed by atoms with Gasteiger partial charge >= 0.3 is 0 Å². The molecule has 1 unspecified atom stereocenters. The van der Waals surface area contributed by atoms with Gasteiger partial charge in [0.15, 0.2) is 0 Å². The number of rotatable bonds is 4. The van der Waals surface area contributed by atoms with Gasteiger partial charge in [-0.05, 0) is 25.3 Å². The SMILES string of the molecule is CCCc1cc(=S)nc(CC2CCCO2)[nH]1. The van der Waals surface area contributed by atoms with Crippen molar-refractivity contribution in [2.75, 3.05) is 6.61 Å². The van der Waals surface area contributed by atoms with Crippen LogP contribution in [0.1, 0.15) is 37.7 Å². The predicted octanol–water partition coefficient (Wildman–Crippen LogP) is 2.81. The Morgan fingerprint density at radius 3 is 3.19 bits per heavy atom. The molecule has 2 rings (SSSR count). The van der Waals surface area contributed by atoms with Gasteiger partial charge in [-0.25, -0.2) is 4.98 Å². The number of hydrogen-bond donors (Lipinski definition) is 1. The lowest BCUT2D eigenvalue weighted by Crippen LogP contribution is -2.12. The average molecular weight is 238 g/mol. The van der Waals surface area contributed by atoms with Crippen LogP contribution in [0.3, 0.4) is 0 Å². The Labute approximate surface area is 101 Å². The zero-order valence-electron chi connectivity index (χ0n) is 9.66. The summed E-state index contributed by atoms with van der Waals surface area (Å²) >= 11 is 5.17. The van der Waals surface area contributed by atoms with Gasteiger partial charge in [0.2, 0.25) is 0 Å². The van der Waals surface area contributed by atoms with Crippen molar-refractivity contribution in [1.82, 2.24) is 9.97 Å². The lowest BCUT2D eigenvalue weighted by Gasteiger charge is -2.09. The molecule has 3 nitrogen and oxygen atoms in total. The lowest BCUT2D eigenvalue weighted by molar-refractivity contribution is 0.110. The molecule has 1 aromatic rings. The quantitative estimate of drug-likeness (QED) is 0.820. The summed E-state index contributed by atoms with van der Waals surface area (Å²) in [6, 6.07) is 1.96. The van der Waals surface area contributed by atoms with Crippen LogP contribution in [0.15, 0.2) is 6.07 Å². The van der Waals surface area contributed by atoms with Crippen molar-refractivity contribution >= 4 is 12.2 Å². The molecule has 1 atom stereocenters. The first-order valence-electron chi connectivity index (χ1n) is 5.98. The Hall–Kier alpha value is -0.740. The van der Waals surface area contributed by atoms with E-state index in [0.717, 1.165) is 38.1 Å². The summed E-state index contributed by atoms with van der Waals surface area (Å²) in [5.74, 6) is 0.975. The van der Waals surface area contributed by atoms with E-state index in [1.165, 1.54) is 12.1 Å². The Kier molecular flexibility index (Phi) is 4.07. The Morgan fingerprint density at radius 1 is 1.62 bits per heavy atom. The summed E-state index contributed by atoms with van der Waals surface area (Å²) < 4.78 is 6.29. The molecule has 1 aliphatic heterocycles. The summed E-state index contributed by atoms with van der Waals surface area (Å²) in [5.41, 5.74) is 1.19. The van der Waals surface area contributed by atoms with E-state index in [9.17, 15) is 0 Å². The first-order chi connectivity index (χ1) is 7.78. The minimum absolute atomic E-state index is 0.329. The number of aromatic nitrogens is 2. The molecule has 0 bridgehead atoms. The van der Waals surface area contributed by atoms with Crippen LogP contribution in [0.5, 0.6) is 0 Å². The summed E-state index contributed by atoms with van der Waals surface area (Å²) in [6.07, 6.45) is 5.65. The molecule has 0 aromatic carbocycles. The predicted molar refractivity (Wildman–Crippen MR) is 66.1 cm³/mol. The van der Waals surface area contributed by atoms with Crippen molar-refractivity contribution in [3.8, 4) is 0 Å². The standard InChI is InChI=1S/C12H18N2OS/c1-2-4-9-7-12(16)14-11(13-9)8-10-5-3-6-15-10/h7,10H,2-6,8H2,1H3,(H,13,14,16). The molecule has 0 spiro atoms. The number of ether oxygens (including phenoxy) is 1. The van der Waals surface area contributed by atoms with Crippen LogP contribution in [0, 0.1) is 4.64 Å². The fraction of sp³-hybridized carbons (Fsp3) is 0.667. The molecule has 0 aliphatic carbocycles. The van der Waals surface area contributed by atoms with Crippen LogP contribution >= 0.6 is 12.2 Å². The minimum Gasteiger partial charge on any atom is -0.378 e. The first kappa shape index (κ1) is 11.7. The Bertz CT molecular complexity index is 396. The monoisotopic (exact) mass is 238 g/mol. The third-order valence-corrected chi connectivity index (χ3v) is 3.02. The summed E-state index contributed by atoms with van der Waals surface area (Å²) in [6.45, 7) is 3.05. The van der Waals surface area contributed by atoms with E-state index in [4.69, 9.17) is 17.0 Å². The normalized spacial score (nSPS) is 20.2. The molecule has 1 aliphatic rings. The maximum absolute atomic E-state index is 5.60. The number of H-pyrrole nitrogens is 1. The van der Waals surface area contributed by atoms with Gasteiger partial charge in [-0.1, -0.05) is 25.6 Å². The summed E-state index contributed by atoms with van der Waals surface area (Å²) in [7, 11) is 0. The summed E-state index contributed by atoms with van der Waals surface area (Å²) in [5, 5.41) is 0. The number of aryl methyl sites for hydroxylation is 1. The van der Waals surface area contributed by atoms with Gasteiger partial charge in [0.05, 0.1) is 6.10 Å². The van der Waals surface area contributed by atoms with Crippen molar-refractivity contribution < 1.29 is 4.74 Å². The highest BCUT2D eigenvalue weighted by atomic mass is 32.1. The second-order valence-electron chi connectivity index (χ2n) is 4.28. The maximum Gasteiger partial charge on any atom is 0.129 e. The topological polar surface area (TPSA) is 37.9 Å². The molecule has 88 valence electrons. The number of hydrogen-bond acceptors (Lipinski definition) is 3. The van der Waals surface area contributed by atoms with Gasteiger partial charge in [-0.15, -0.1) is 0 Å². The smallest absolute Gasteiger partial charge is 0.129 e. The highest BCUT2D eigenvalue weighted by Gasteiger charge is 2.16. The van der Waals surface area contributed by atoms with Crippen molar-refractivity contribution in [2.24, 2.45) is 0 Å². The van der Waals surface area contributed by atoms with E-state index in [1.54, 1.807) is 0 Å². The Morgan fingerprint density at radius 2 is 2.50 bits per heavy atom. The van der Waals surface area contributed by atoms with Crippen LogP contribution in [-0.2, 0) is 17.6 Å². The average Bonchev–Trinajstić information content (AvgIpc) is 2.70. The van der Waals surface area contributed by atoms with Gasteiger partial charge in [0.25, 0.3) is 0 Å². The molecule has 0 amide bonds. The second-order valence-corrected chi connectivity index (χ2v) is 4.70. The minimum atomic E-state index is 0.329. The van der Waals surface area contributed by atoms with Crippen LogP contribution in [-0.4, -0.2) is 22.7 Å². The van der Waals surface area contributed by atoms with E-state index in [-0.39, 0.29) is 0 Å².